The molecule has 1 saturated heterocycles. The number of carbonyl (C=O) groups is 2. The Bertz CT molecular complexity index is 434. The number of rotatable bonds is 4. The zero-order valence-electron chi connectivity index (χ0n) is 11.0. The summed E-state index contributed by atoms with van der Waals surface area (Å²) >= 11 is 0. The van der Waals surface area contributed by atoms with Gasteiger partial charge in [-0.05, 0) is 13.3 Å². The van der Waals surface area contributed by atoms with Gasteiger partial charge in [0, 0.05) is 26.2 Å². The Kier molecular flexibility index (Phi) is 5.59. The van der Waals surface area contributed by atoms with E-state index >= 15 is 0 Å². The van der Waals surface area contributed by atoms with Gasteiger partial charge >= 0.3 is 12.0 Å². The quantitative estimate of drug-likeness (QED) is 0.788. The number of hydrogen-bond donors (Lipinski definition) is 1. The maximum absolute atomic E-state index is 12.2. The van der Waals surface area contributed by atoms with Gasteiger partial charge in [0.05, 0.1) is 17.9 Å². The molecule has 0 spiro atoms. The van der Waals surface area contributed by atoms with Crippen LogP contribution in [0.3, 0.4) is 0 Å². The second kappa shape index (κ2) is 6.74. The molecule has 1 rings (SSSR count). The first-order chi connectivity index (χ1) is 8.85. The number of carbonyl (C=O) groups excluding carboxylic acids is 1. The summed E-state index contributed by atoms with van der Waals surface area (Å²) in [6.07, 6.45) is 0.330. The van der Waals surface area contributed by atoms with Gasteiger partial charge in [0.15, 0.2) is 9.84 Å². The third-order valence-corrected chi connectivity index (χ3v) is 4.79. The summed E-state index contributed by atoms with van der Waals surface area (Å²) in [7, 11) is -3.05. The summed E-state index contributed by atoms with van der Waals surface area (Å²) in [5.41, 5.74) is 0. The van der Waals surface area contributed by atoms with E-state index < -0.39 is 15.8 Å². The minimum Gasteiger partial charge on any atom is -0.481 e. The zero-order valence-corrected chi connectivity index (χ0v) is 11.9. The summed E-state index contributed by atoms with van der Waals surface area (Å²) in [6.45, 7) is 2.92. The van der Waals surface area contributed by atoms with Gasteiger partial charge in [0.2, 0.25) is 0 Å². The van der Waals surface area contributed by atoms with Crippen molar-refractivity contribution in [2.45, 2.75) is 19.8 Å². The number of aliphatic carboxylic acids is 1. The SMILES string of the molecule is CCN(CCC(=O)O)C(=O)N1CCCS(=O)(=O)CC1. The van der Waals surface area contributed by atoms with Crippen molar-refractivity contribution in [2.75, 3.05) is 37.7 Å². The minimum atomic E-state index is -3.05. The lowest BCUT2D eigenvalue weighted by Gasteiger charge is -2.28. The van der Waals surface area contributed by atoms with Crippen LogP contribution in [-0.2, 0) is 14.6 Å². The Morgan fingerprint density at radius 1 is 1.26 bits per heavy atom. The topological polar surface area (TPSA) is 95.0 Å². The smallest absolute Gasteiger partial charge is 0.320 e. The van der Waals surface area contributed by atoms with E-state index in [1.165, 1.54) is 9.80 Å². The molecule has 7 nitrogen and oxygen atoms in total. The van der Waals surface area contributed by atoms with Crippen molar-refractivity contribution in [3.8, 4) is 0 Å². The molecular weight excluding hydrogens is 272 g/mol. The minimum absolute atomic E-state index is 0.0186. The number of nitrogens with zero attached hydrogens (tertiary/aromatic N) is 2. The van der Waals surface area contributed by atoms with E-state index in [2.05, 4.69) is 0 Å². The van der Waals surface area contributed by atoms with Gasteiger partial charge in [-0.2, -0.15) is 0 Å². The number of amides is 2. The lowest BCUT2D eigenvalue weighted by atomic mass is 10.3. The van der Waals surface area contributed by atoms with Crippen LogP contribution in [0.2, 0.25) is 0 Å². The second-order valence-electron chi connectivity index (χ2n) is 4.50. The number of sulfone groups is 1. The average molecular weight is 292 g/mol. The van der Waals surface area contributed by atoms with Crippen LogP contribution < -0.4 is 0 Å². The molecule has 1 N–H and O–H groups in total. The van der Waals surface area contributed by atoms with E-state index in [1.807, 2.05) is 0 Å². The summed E-state index contributed by atoms with van der Waals surface area (Å²) < 4.78 is 22.9. The molecule has 19 heavy (non-hydrogen) atoms. The van der Waals surface area contributed by atoms with Crippen molar-refractivity contribution >= 4 is 21.8 Å². The highest BCUT2D eigenvalue weighted by atomic mass is 32.2. The molecule has 0 atom stereocenters. The Morgan fingerprint density at radius 2 is 1.95 bits per heavy atom. The molecule has 0 radical (unpaired) electrons. The first-order valence-corrected chi connectivity index (χ1v) is 8.14. The first kappa shape index (κ1) is 15.7. The highest BCUT2D eigenvalue weighted by Gasteiger charge is 2.25. The van der Waals surface area contributed by atoms with Crippen LogP contribution in [-0.4, -0.2) is 73.0 Å². The molecule has 1 heterocycles. The van der Waals surface area contributed by atoms with Crippen molar-refractivity contribution in [2.24, 2.45) is 0 Å². The fourth-order valence-corrected chi connectivity index (χ4v) is 3.22. The maximum Gasteiger partial charge on any atom is 0.320 e. The van der Waals surface area contributed by atoms with E-state index in [0.29, 0.717) is 19.5 Å². The average Bonchev–Trinajstić information content (AvgIpc) is 2.50. The predicted molar refractivity (Wildman–Crippen MR) is 69.7 cm³/mol. The molecule has 0 aromatic rings. The second-order valence-corrected chi connectivity index (χ2v) is 6.80. The predicted octanol–water partition coefficient (Wildman–Crippen LogP) is 0.0235. The number of carboxylic acid groups (broad SMARTS) is 1. The van der Waals surface area contributed by atoms with Crippen LogP contribution in [0.4, 0.5) is 4.79 Å². The molecule has 0 bridgehead atoms. The van der Waals surface area contributed by atoms with Crippen LogP contribution in [0.1, 0.15) is 19.8 Å². The Hall–Kier alpha value is -1.31. The summed E-state index contributed by atoms with van der Waals surface area (Å²) in [4.78, 5) is 25.6. The van der Waals surface area contributed by atoms with Crippen molar-refractivity contribution in [3.05, 3.63) is 0 Å². The monoisotopic (exact) mass is 292 g/mol. The van der Waals surface area contributed by atoms with Crippen molar-refractivity contribution in [1.82, 2.24) is 9.80 Å². The van der Waals surface area contributed by atoms with E-state index in [0.717, 1.165) is 0 Å². The lowest BCUT2D eigenvalue weighted by molar-refractivity contribution is -0.137. The van der Waals surface area contributed by atoms with Gasteiger partial charge in [-0.15, -0.1) is 0 Å². The normalized spacial score (nSPS) is 18.7. The summed E-state index contributed by atoms with van der Waals surface area (Å²) in [6, 6.07) is -0.277. The molecule has 2 amide bonds. The Labute approximate surface area is 113 Å². The molecule has 1 fully saturated rings. The van der Waals surface area contributed by atoms with Crippen LogP contribution >= 0.6 is 0 Å². The Morgan fingerprint density at radius 3 is 2.53 bits per heavy atom. The summed E-state index contributed by atoms with van der Waals surface area (Å²) in [5.74, 6) is -0.863. The van der Waals surface area contributed by atoms with Gasteiger partial charge in [0.25, 0.3) is 0 Å². The number of urea groups is 1. The fraction of sp³-hybridized carbons (Fsp3) is 0.818. The largest absolute Gasteiger partial charge is 0.481 e. The molecule has 0 aromatic carbocycles. The molecule has 110 valence electrons. The molecule has 0 aliphatic carbocycles. The molecular formula is C11H20N2O5S. The van der Waals surface area contributed by atoms with Crippen LogP contribution in [0.5, 0.6) is 0 Å². The highest BCUT2D eigenvalue weighted by molar-refractivity contribution is 7.91. The third-order valence-electron chi connectivity index (χ3n) is 3.07. The molecule has 8 heteroatoms. The third kappa shape index (κ3) is 5.06. The van der Waals surface area contributed by atoms with E-state index in [1.54, 1.807) is 6.92 Å². The fourth-order valence-electron chi connectivity index (χ4n) is 1.95. The molecule has 0 aromatic heterocycles. The van der Waals surface area contributed by atoms with Gasteiger partial charge < -0.3 is 14.9 Å². The van der Waals surface area contributed by atoms with E-state index in [-0.39, 0.29) is 37.0 Å². The number of carboxylic acids is 1. The van der Waals surface area contributed by atoms with Crippen LogP contribution in [0.25, 0.3) is 0 Å². The molecule has 1 aliphatic rings. The Balaban J connectivity index is 2.61. The van der Waals surface area contributed by atoms with Crippen molar-refractivity contribution < 1.29 is 23.1 Å². The van der Waals surface area contributed by atoms with Crippen LogP contribution in [0.15, 0.2) is 0 Å². The highest BCUT2D eigenvalue weighted by Crippen LogP contribution is 2.08. The lowest BCUT2D eigenvalue weighted by Crippen LogP contribution is -2.45. The molecule has 0 unspecified atom stereocenters. The van der Waals surface area contributed by atoms with Gasteiger partial charge in [-0.25, -0.2) is 13.2 Å². The van der Waals surface area contributed by atoms with Crippen molar-refractivity contribution in [1.29, 1.82) is 0 Å². The van der Waals surface area contributed by atoms with E-state index in [4.69, 9.17) is 5.11 Å². The van der Waals surface area contributed by atoms with E-state index in [9.17, 15) is 18.0 Å². The van der Waals surface area contributed by atoms with Gasteiger partial charge in [-0.1, -0.05) is 0 Å². The van der Waals surface area contributed by atoms with Crippen molar-refractivity contribution in [3.63, 3.8) is 0 Å². The van der Waals surface area contributed by atoms with Crippen LogP contribution in [0, 0.1) is 0 Å². The van der Waals surface area contributed by atoms with Gasteiger partial charge in [0.1, 0.15) is 0 Å². The summed E-state index contributed by atoms with van der Waals surface area (Å²) in [5, 5.41) is 8.63. The molecule has 1 aliphatic heterocycles. The van der Waals surface area contributed by atoms with Gasteiger partial charge in [-0.3, -0.25) is 4.79 Å². The molecule has 0 saturated carbocycles. The zero-order chi connectivity index (χ0) is 14.5. The maximum atomic E-state index is 12.2. The number of hydrogen-bond acceptors (Lipinski definition) is 4. The standard InChI is InChI=1S/C11H20N2O5S/c1-2-12(6-4-10(14)15)11(16)13-5-3-8-19(17,18)9-7-13/h2-9H2,1H3,(H,14,15). The first-order valence-electron chi connectivity index (χ1n) is 6.32.